The fraction of sp³-hybridized carbons (Fsp3) is 0.0698. The van der Waals surface area contributed by atoms with Crippen LogP contribution in [0.2, 0.25) is 0 Å². The van der Waals surface area contributed by atoms with Crippen molar-refractivity contribution >= 4 is 43.9 Å². The quantitative estimate of drug-likeness (QED) is 0.167. The molecule has 0 unspecified atom stereocenters. The molecular formula is C43H30IrN2O2-2. The van der Waals surface area contributed by atoms with Gasteiger partial charge in [0.25, 0.3) is 0 Å². The minimum atomic E-state index is 0. The van der Waals surface area contributed by atoms with E-state index < -0.39 is 0 Å². The first-order chi connectivity index (χ1) is 23.0. The van der Waals surface area contributed by atoms with E-state index in [1.165, 1.54) is 16.7 Å². The van der Waals surface area contributed by atoms with Gasteiger partial charge in [0, 0.05) is 54.0 Å². The van der Waals surface area contributed by atoms with Gasteiger partial charge in [-0.3, -0.25) is 0 Å². The summed E-state index contributed by atoms with van der Waals surface area (Å²) >= 11 is 0. The monoisotopic (exact) mass is 799 g/mol. The largest absolute Gasteiger partial charge is 0.455 e. The first kappa shape index (κ1) is 31.3. The predicted octanol–water partition coefficient (Wildman–Crippen LogP) is 11.5. The first-order valence-corrected chi connectivity index (χ1v) is 15.6. The molecule has 4 nitrogen and oxygen atoms in total. The average molecular weight is 799 g/mol. The van der Waals surface area contributed by atoms with E-state index in [2.05, 4.69) is 85.3 Å². The minimum Gasteiger partial charge on any atom is -0.455 e. The van der Waals surface area contributed by atoms with Crippen LogP contribution in [0.25, 0.3) is 77.5 Å². The fourth-order valence-electron chi connectivity index (χ4n) is 6.02. The number of rotatable bonds is 3. The zero-order valence-corrected chi connectivity index (χ0v) is 29.1. The van der Waals surface area contributed by atoms with Crippen LogP contribution in [0.1, 0.15) is 16.7 Å². The van der Waals surface area contributed by atoms with Gasteiger partial charge in [-0.1, -0.05) is 61.0 Å². The summed E-state index contributed by atoms with van der Waals surface area (Å²) in [6, 6.07) is 45.3. The van der Waals surface area contributed by atoms with Gasteiger partial charge in [0.2, 0.25) is 0 Å². The second-order valence-electron chi connectivity index (χ2n) is 11.8. The number of hydrogen-bond acceptors (Lipinski definition) is 4. The summed E-state index contributed by atoms with van der Waals surface area (Å²) in [6.45, 7) is 6.24. The molecule has 0 spiro atoms. The average Bonchev–Trinajstić information content (AvgIpc) is 3.67. The summed E-state index contributed by atoms with van der Waals surface area (Å²) in [5.74, 6) is 0. The molecule has 0 saturated carbocycles. The summed E-state index contributed by atoms with van der Waals surface area (Å²) in [4.78, 5) is 9.00. The molecule has 0 amide bonds. The van der Waals surface area contributed by atoms with Gasteiger partial charge in [-0.05, 0) is 60.6 Å². The molecule has 0 aliphatic heterocycles. The van der Waals surface area contributed by atoms with Gasteiger partial charge in [0.15, 0.2) is 0 Å². The number of nitrogens with zero attached hydrogens (tertiary/aromatic N) is 2. The first-order valence-electron chi connectivity index (χ1n) is 15.6. The fourth-order valence-corrected chi connectivity index (χ4v) is 6.02. The van der Waals surface area contributed by atoms with Gasteiger partial charge >= 0.3 is 0 Å². The van der Waals surface area contributed by atoms with Gasteiger partial charge in [-0.15, -0.1) is 71.3 Å². The summed E-state index contributed by atoms with van der Waals surface area (Å²) in [5, 5.41) is 4.36. The Kier molecular flexibility index (Phi) is 8.49. The van der Waals surface area contributed by atoms with E-state index >= 15 is 0 Å². The molecule has 4 aromatic heterocycles. The molecule has 0 aliphatic carbocycles. The van der Waals surface area contributed by atoms with Crippen molar-refractivity contribution in [3.8, 4) is 33.6 Å². The van der Waals surface area contributed by atoms with Crippen LogP contribution in [0.3, 0.4) is 0 Å². The number of fused-ring (bicyclic) bond motifs is 6. The number of aromatic nitrogens is 2. The van der Waals surface area contributed by atoms with E-state index in [0.717, 1.165) is 77.5 Å². The molecule has 0 atom stereocenters. The van der Waals surface area contributed by atoms with Crippen molar-refractivity contribution in [1.29, 1.82) is 0 Å². The van der Waals surface area contributed by atoms with E-state index in [0.29, 0.717) is 0 Å². The molecule has 1 radical (unpaired) electrons. The second kappa shape index (κ2) is 13.0. The molecule has 235 valence electrons. The molecule has 5 aromatic carbocycles. The van der Waals surface area contributed by atoms with E-state index in [1.807, 2.05) is 85.2 Å². The van der Waals surface area contributed by atoms with Crippen molar-refractivity contribution in [2.75, 3.05) is 0 Å². The van der Waals surface area contributed by atoms with Gasteiger partial charge in [0.05, 0.1) is 5.56 Å². The Labute approximate surface area is 292 Å². The summed E-state index contributed by atoms with van der Waals surface area (Å²) < 4.78 is 12.8. The second-order valence-corrected chi connectivity index (χ2v) is 11.8. The predicted molar refractivity (Wildman–Crippen MR) is 191 cm³/mol. The molecule has 48 heavy (non-hydrogen) atoms. The van der Waals surface area contributed by atoms with Crippen LogP contribution in [0.4, 0.5) is 0 Å². The molecule has 5 heteroatoms. The molecular weight excluding hydrogens is 769 g/mol. The topological polar surface area (TPSA) is 52.1 Å². The molecule has 0 aliphatic rings. The normalized spacial score (nSPS) is 11.1. The Hall–Kier alpha value is -5.35. The van der Waals surface area contributed by atoms with Crippen LogP contribution >= 0.6 is 0 Å². The number of hydrogen-bond donors (Lipinski definition) is 0. The molecule has 9 rings (SSSR count). The Morgan fingerprint density at radius 2 is 1.21 bits per heavy atom. The standard InChI is InChI=1S/C29H16NO2.C14H14N.Ir/c1-2-8-18(9-3-1)24-16-19(14-15-30-24)27-28-22(20-10-4-6-12-25(20)31-28)17-23-21-11-5-7-13-26(21)32-29(23)27;1-10-4-6-13(7-5-10)14-8-11(2)12(3)9-15-14;/h1-8,10-17H;4-6,8-9H,1-3H3;/q2*-1;. The zero-order valence-electron chi connectivity index (χ0n) is 26.7. The summed E-state index contributed by atoms with van der Waals surface area (Å²) in [6.07, 6.45) is 3.75. The Balaban J connectivity index is 0.000000193. The van der Waals surface area contributed by atoms with E-state index in [-0.39, 0.29) is 20.1 Å². The van der Waals surface area contributed by atoms with E-state index in [1.54, 1.807) is 0 Å². The van der Waals surface area contributed by atoms with Crippen molar-refractivity contribution < 1.29 is 28.9 Å². The van der Waals surface area contributed by atoms with Crippen LogP contribution in [0.15, 0.2) is 136 Å². The van der Waals surface area contributed by atoms with E-state index in [4.69, 9.17) is 8.83 Å². The Morgan fingerprint density at radius 3 is 1.83 bits per heavy atom. The van der Waals surface area contributed by atoms with Gasteiger partial charge in [-0.25, -0.2) is 0 Å². The molecule has 9 aromatic rings. The molecule has 0 saturated heterocycles. The van der Waals surface area contributed by atoms with Crippen molar-refractivity contribution in [1.82, 2.24) is 9.97 Å². The third-order valence-corrected chi connectivity index (χ3v) is 8.66. The molecule has 0 N–H and O–H groups in total. The SMILES string of the molecule is Cc1c[c-]c(-c2cc(C)c(C)cn2)cc1.[Ir].[c-]1ccccc1-c1cc(-c2c3oc4ccccc4c3cc3c2oc2ccccc23)ccn1. The van der Waals surface area contributed by atoms with Crippen molar-refractivity contribution in [3.05, 3.63) is 156 Å². The number of para-hydroxylation sites is 2. The molecule has 0 fully saturated rings. The van der Waals surface area contributed by atoms with E-state index in [9.17, 15) is 0 Å². The van der Waals surface area contributed by atoms with Crippen LogP contribution < -0.4 is 0 Å². The van der Waals surface area contributed by atoms with Crippen molar-refractivity contribution in [3.63, 3.8) is 0 Å². The maximum Gasteiger partial charge on any atom is 0.147 e. The smallest absolute Gasteiger partial charge is 0.147 e. The molecule has 4 heterocycles. The maximum atomic E-state index is 6.40. The summed E-state index contributed by atoms with van der Waals surface area (Å²) in [7, 11) is 0. The Bertz CT molecular complexity index is 2460. The van der Waals surface area contributed by atoms with Gasteiger partial charge in [-0.2, -0.15) is 0 Å². The van der Waals surface area contributed by atoms with Crippen LogP contribution in [0, 0.1) is 32.9 Å². The van der Waals surface area contributed by atoms with Crippen LogP contribution in [-0.4, -0.2) is 9.97 Å². The number of benzene rings is 5. The molecule has 0 bridgehead atoms. The van der Waals surface area contributed by atoms with Crippen LogP contribution in [0.5, 0.6) is 0 Å². The zero-order chi connectivity index (χ0) is 31.9. The minimum absolute atomic E-state index is 0. The number of furan rings is 2. The van der Waals surface area contributed by atoms with Crippen molar-refractivity contribution in [2.24, 2.45) is 0 Å². The number of pyridine rings is 2. The van der Waals surface area contributed by atoms with Gasteiger partial charge in [0.1, 0.15) is 22.3 Å². The number of aryl methyl sites for hydroxylation is 3. The maximum absolute atomic E-state index is 6.40. The summed E-state index contributed by atoms with van der Waals surface area (Å²) in [5.41, 5.74) is 12.9. The Morgan fingerprint density at radius 1 is 0.562 bits per heavy atom. The van der Waals surface area contributed by atoms with Gasteiger partial charge < -0.3 is 18.8 Å². The van der Waals surface area contributed by atoms with Crippen molar-refractivity contribution in [2.45, 2.75) is 20.8 Å². The third-order valence-electron chi connectivity index (χ3n) is 8.66. The van der Waals surface area contributed by atoms with Crippen LogP contribution in [-0.2, 0) is 20.1 Å². The third kappa shape index (κ3) is 5.73.